The maximum Gasteiger partial charge on any atom is 0.262 e. The van der Waals surface area contributed by atoms with Crippen molar-refractivity contribution >= 4 is 22.7 Å². The second kappa shape index (κ2) is 6.95. The van der Waals surface area contributed by atoms with Gasteiger partial charge < -0.3 is 0 Å². The third kappa shape index (κ3) is 2.97. The van der Waals surface area contributed by atoms with E-state index in [9.17, 15) is 9.59 Å². The zero-order chi connectivity index (χ0) is 19.8. The molecule has 1 aliphatic heterocycles. The molecule has 0 aliphatic carbocycles. The summed E-state index contributed by atoms with van der Waals surface area (Å²) in [6.07, 6.45) is 3.87. The van der Waals surface area contributed by atoms with Crippen LogP contribution in [0.5, 0.6) is 0 Å². The molecule has 0 saturated carbocycles. The molecule has 3 heterocycles. The van der Waals surface area contributed by atoms with Crippen molar-refractivity contribution in [2.24, 2.45) is 0 Å². The molecule has 5 nitrogen and oxygen atoms in total. The van der Waals surface area contributed by atoms with Gasteiger partial charge in [0.2, 0.25) is 0 Å². The third-order valence-electron chi connectivity index (χ3n) is 5.24. The number of nitrogens with zero attached hydrogens (tertiary/aromatic N) is 3. The predicted octanol–water partition coefficient (Wildman–Crippen LogP) is 4.14. The average Bonchev–Trinajstić information content (AvgIpc) is 3.02. The molecule has 0 spiro atoms. The van der Waals surface area contributed by atoms with E-state index in [1.54, 1.807) is 18.5 Å². The smallest absolute Gasteiger partial charge is 0.262 e. The summed E-state index contributed by atoms with van der Waals surface area (Å²) in [4.78, 5) is 36.0. The number of carbonyl (C=O) groups excluding carboxylic acids is 2. The van der Waals surface area contributed by atoms with E-state index in [0.717, 1.165) is 27.7 Å². The Morgan fingerprint density at radius 1 is 0.759 bits per heavy atom. The van der Waals surface area contributed by atoms with Gasteiger partial charge >= 0.3 is 0 Å². The molecule has 0 atom stereocenters. The molecule has 2 aromatic heterocycles. The van der Waals surface area contributed by atoms with Gasteiger partial charge in [-0.25, -0.2) is 0 Å². The maximum absolute atomic E-state index is 13.1. The Bertz CT molecular complexity index is 1250. The van der Waals surface area contributed by atoms with Crippen molar-refractivity contribution in [3.8, 4) is 11.1 Å². The third-order valence-corrected chi connectivity index (χ3v) is 5.24. The van der Waals surface area contributed by atoms with Crippen LogP contribution in [0.15, 0.2) is 79.1 Å². The number of benzene rings is 2. The molecule has 140 valence electrons. The highest BCUT2D eigenvalue weighted by Gasteiger charge is 2.37. The van der Waals surface area contributed by atoms with Gasteiger partial charge in [-0.15, -0.1) is 0 Å². The number of amides is 2. The molecule has 0 N–H and O–H groups in total. The zero-order valence-corrected chi connectivity index (χ0v) is 15.6. The number of carbonyl (C=O) groups is 2. The first-order valence-electron chi connectivity index (χ1n) is 9.46. The van der Waals surface area contributed by atoms with Crippen molar-refractivity contribution in [3.05, 3.63) is 95.9 Å². The number of hydrogen-bond donors (Lipinski definition) is 0. The largest absolute Gasteiger partial charge is 0.274 e. The van der Waals surface area contributed by atoms with Gasteiger partial charge in [-0.2, -0.15) is 0 Å². The Balaban J connectivity index is 1.43. The summed E-state index contributed by atoms with van der Waals surface area (Å²) in [5, 5.41) is 1.07. The lowest BCUT2D eigenvalue weighted by atomic mass is 9.97. The summed E-state index contributed by atoms with van der Waals surface area (Å²) in [7, 11) is 0. The second-order valence-electron chi connectivity index (χ2n) is 6.97. The Morgan fingerprint density at radius 2 is 1.55 bits per heavy atom. The molecule has 0 bridgehead atoms. The van der Waals surface area contributed by atoms with Crippen molar-refractivity contribution in [1.82, 2.24) is 14.9 Å². The van der Waals surface area contributed by atoms with Gasteiger partial charge in [0.05, 0.1) is 16.6 Å². The van der Waals surface area contributed by atoms with Crippen LogP contribution in [0.25, 0.3) is 22.0 Å². The summed E-state index contributed by atoms with van der Waals surface area (Å²) in [5.74, 6) is -0.500. The van der Waals surface area contributed by atoms with Crippen molar-refractivity contribution in [2.75, 3.05) is 6.54 Å². The molecular formula is C24H17N3O2. The first-order chi connectivity index (χ1) is 14.2. The van der Waals surface area contributed by atoms with Gasteiger partial charge in [0.25, 0.3) is 11.8 Å². The highest BCUT2D eigenvalue weighted by atomic mass is 16.2. The fourth-order valence-corrected chi connectivity index (χ4v) is 3.78. The topological polar surface area (TPSA) is 63.2 Å². The number of hydrogen-bond acceptors (Lipinski definition) is 4. The Morgan fingerprint density at radius 3 is 2.41 bits per heavy atom. The maximum atomic E-state index is 13.1. The molecular weight excluding hydrogens is 362 g/mol. The number of pyridine rings is 2. The monoisotopic (exact) mass is 379 g/mol. The minimum absolute atomic E-state index is 0.248. The van der Waals surface area contributed by atoms with Crippen molar-refractivity contribution in [2.45, 2.75) is 6.42 Å². The molecule has 0 unspecified atom stereocenters. The highest BCUT2D eigenvalue weighted by Crippen LogP contribution is 2.32. The van der Waals surface area contributed by atoms with Crippen molar-refractivity contribution in [3.63, 3.8) is 0 Å². The van der Waals surface area contributed by atoms with Gasteiger partial charge in [-0.1, -0.05) is 36.4 Å². The SMILES string of the molecule is O=C1c2cccc(-c3ccncc3)c2C(=O)N1CCc1ccc2ccccc2n1. The van der Waals surface area contributed by atoms with E-state index in [1.165, 1.54) is 4.90 Å². The van der Waals surface area contributed by atoms with Crippen molar-refractivity contribution < 1.29 is 9.59 Å². The van der Waals surface area contributed by atoms with Gasteiger partial charge in [-0.05, 0) is 41.5 Å². The molecule has 0 radical (unpaired) electrons. The number of imide groups is 1. The van der Waals surface area contributed by atoms with E-state index < -0.39 is 0 Å². The molecule has 2 aromatic carbocycles. The quantitative estimate of drug-likeness (QED) is 0.500. The summed E-state index contributed by atoms with van der Waals surface area (Å²) in [6, 6.07) is 20.9. The summed E-state index contributed by atoms with van der Waals surface area (Å²) in [5.41, 5.74) is 4.32. The van der Waals surface area contributed by atoms with Crippen LogP contribution in [0.2, 0.25) is 0 Å². The van der Waals surface area contributed by atoms with E-state index in [2.05, 4.69) is 9.97 Å². The number of para-hydroxylation sites is 1. The van der Waals surface area contributed by atoms with Gasteiger partial charge in [0, 0.05) is 36.4 Å². The summed E-state index contributed by atoms with van der Waals surface area (Å²) < 4.78 is 0. The van der Waals surface area contributed by atoms with Gasteiger partial charge in [-0.3, -0.25) is 24.5 Å². The average molecular weight is 379 g/mol. The Kier molecular flexibility index (Phi) is 4.13. The molecule has 5 heteroatoms. The minimum atomic E-state index is -0.252. The lowest BCUT2D eigenvalue weighted by Crippen LogP contribution is -2.32. The summed E-state index contributed by atoms with van der Waals surface area (Å²) >= 11 is 0. The van der Waals surface area contributed by atoms with E-state index in [-0.39, 0.29) is 11.8 Å². The zero-order valence-electron chi connectivity index (χ0n) is 15.6. The van der Waals surface area contributed by atoms with Crippen LogP contribution in [0.4, 0.5) is 0 Å². The van der Waals surface area contributed by atoms with E-state index >= 15 is 0 Å². The molecule has 4 aromatic rings. The first kappa shape index (κ1) is 17.3. The van der Waals surface area contributed by atoms with Crippen molar-refractivity contribution in [1.29, 1.82) is 0 Å². The lowest BCUT2D eigenvalue weighted by molar-refractivity contribution is 0.0656. The number of fused-ring (bicyclic) bond motifs is 2. The molecule has 5 rings (SSSR count). The van der Waals surface area contributed by atoms with Crippen LogP contribution in [-0.4, -0.2) is 33.2 Å². The Hall–Kier alpha value is -3.86. The van der Waals surface area contributed by atoms with Crippen LogP contribution in [-0.2, 0) is 6.42 Å². The van der Waals surface area contributed by atoms with E-state index in [1.807, 2.05) is 60.7 Å². The minimum Gasteiger partial charge on any atom is -0.274 e. The highest BCUT2D eigenvalue weighted by molar-refractivity contribution is 6.24. The van der Waals surface area contributed by atoms with Crippen LogP contribution >= 0.6 is 0 Å². The lowest BCUT2D eigenvalue weighted by Gasteiger charge is -2.14. The summed E-state index contributed by atoms with van der Waals surface area (Å²) in [6.45, 7) is 0.299. The van der Waals surface area contributed by atoms with Gasteiger partial charge in [0.1, 0.15) is 0 Å². The van der Waals surface area contributed by atoms with Crippen LogP contribution in [0, 0.1) is 0 Å². The molecule has 29 heavy (non-hydrogen) atoms. The molecule has 0 fully saturated rings. The Labute approximate surface area is 167 Å². The number of aromatic nitrogens is 2. The molecule has 2 amide bonds. The second-order valence-corrected chi connectivity index (χ2v) is 6.97. The standard InChI is InChI=1S/C24H17N3O2/c28-23-20-6-3-5-19(16-10-13-25-14-11-16)22(20)24(29)27(23)15-12-18-9-8-17-4-1-2-7-21(17)26-18/h1-11,13-14H,12,15H2. The van der Waals surface area contributed by atoms with Crippen LogP contribution < -0.4 is 0 Å². The fraction of sp³-hybridized carbons (Fsp3) is 0.0833. The predicted molar refractivity (Wildman–Crippen MR) is 110 cm³/mol. The van der Waals surface area contributed by atoms with E-state index in [0.29, 0.717) is 24.1 Å². The van der Waals surface area contributed by atoms with E-state index in [4.69, 9.17) is 0 Å². The molecule has 0 saturated heterocycles. The first-order valence-corrected chi connectivity index (χ1v) is 9.46. The normalized spacial score (nSPS) is 13.2. The van der Waals surface area contributed by atoms with Crippen LogP contribution in [0.3, 0.4) is 0 Å². The van der Waals surface area contributed by atoms with Gasteiger partial charge in [0.15, 0.2) is 0 Å². The fourth-order valence-electron chi connectivity index (χ4n) is 3.78. The molecule has 1 aliphatic rings. The number of rotatable bonds is 4. The van der Waals surface area contributed by atoms with Crippen LogP contribution in [0.1, 0.15) is 26.4 Å².